The zero-order chi connectivity index (χ0) is 19.9. The Bertz CT molecular complexity index is 1030. The van der Waals surface area contributed by atoms with Gasteiger partial charge in [0.2, 0.25) is 5.91 Å². The summed E-state index contributed by atoms with van der Waals surface area (Å²) in [4.78, 5) is 30.9. The highest BCUT2D eigenvalue weighted by atomic mass is 35.5. The summed E-state index contributed by atoms with van der Waals surface area (Å²) in [5, 5.41) is 3.84. The number of anilines is 1. The van der Waals surface area contributed by atoms with E-state index in [9.17, 15) is 9.59 Å². The molecular weight excluding hydrogens is 421 g/mol. The van der Waals surface area contributed by atoms with Gasteiger partial charge in [-0.05, 0) is 30.3 Å². The van der Waals surface area contributed by atoms with Crippen LogP contribution in [0, 0.1) is 0 Å². The lowest BCUT2D eigenvalue weighted by Crippen LogP contribution is -2.16. The number of thioether (sulfide) groups is 1. The molecule has 1 amide bonds. The van der Waals surface area contributed by atoms with E-state index in [2.05, 4.69) is 15.3 Å². The maximum Gasteiger partial charge on any atom is 0.251 e. The maximum absolute atomic E-state index is 12.1. The Balaban J connectivity index is 1.58. The number of H-pyrrole nitrogens is 1. The van der Waals surface area contributed by atoms with Crippen LogP contribution >= 0.6 is 35.0 Å². The lowest BCUT2D eigenvalue weighted by Gasteiger charge is -2.08. The summed E-state index contributed by atoms with van der Waals surface area (Å²) in [6, 6.07) is 15.4. The number of aromatic amines is 1. The highest BCUT2D eigenvalue weighted by molar-refractivity contribution is 7.99. The van der Waals surface area contributed by atoms with E-state index in [4.69, 9.17) is 27.9 Å². The van der Waals surface area contributed by atoms with Gasteiger partial charge < -0.3 is 15.0 Å². The smallest absolute Gasteiger partial charge is 0.251 e. The third-order valence-corrected chi connectivity index (χ3v) is 4.87. The number of benzene rings is 2. The van der Waals surface area contributed by atoms with Crippen molar-refractivity contribution in [3.63, 3.8) is 0 Å². The van der Waals surface area contributed by atoms with E-state index in [-0.39, 0.29) is 23.8 Å². The van der Waals surface area contributed by atoms with Crippen molar-refractivity contribution in [3.05, 3.63) is 80.7 Å². The predicted octanol–water partition coefficient (Wildman–Crippen LogP) is 4.39. The second-order valence-corrected chi connectivity index (χ2v) is 7.41. The van der Waals surface area contributed by atoms with Gasteiger partial charge in [0.15, 0.2) is 5.16 Å². The van der Waals surface area contributed by atoms with Gasteiger partial charge in [-0.15, -0.1) is 0 Å². The van der Waals surface area contributed by atoms with E-state index in [0.717, 1.165) is 11.8 Å². The molecule has 0 radical (unpaired) electrons. The molecular formula is C19H15Cl2N3O3S. The van der Waals surface area contributed by atoms with Crippen molar-refractivity contribution in [2.75, 3.05) is 11.1 Å². The fourth-order valence-electron chi connectivity index (χ4n) is 2.21. The van der Waals surface area contributed by atoms with Crippen molar-refractivity contribution in [2.24, 2.45) is 0 Å². The SMILES string of the molecule is O=C(CSc1nc(COc2ccccc2)cc(=O)[nH]1)Nc1ccc(Cl)cc1Cl. The summed E-state index contributed by atoms with van der Waals surface area (Å²) in [6.07, 6.45) is 0. The molecule has 6 nitrogen and oxygen atoms in total. The topological polar surface area (TPSA) is 84.1 Å². The van der Waals surface area contributed by atoms with Crippen LogP contribution in [0.3, 0.4) is 0 Å². The van der Waals surface area contributed by atoms with Crippen LogP contribution < -0.4 is 15.6 Å². The molecule has 144 valence electrons. The monoisotopic (exact) mass is 435 g/mol. The molecule has 0 bridgehead atoms. The minimum atomic E-state index is -0.315. The highest BCUT2D eigenvalue weighted by Gasteiger charge is 2.09. The second kappa shape index (κ2) is 9.64. The quantitative estimate of drug-likeness (QED) is 0.424. The van der Waals surface area contributed by atoms with E-state index in [1.807, 2.05) is 30.3 Å². The molecule has 2 N–H and O–H groups in total. The van der Waals surface area contributed by atoms with Gasteiger partial charge in [-0.2, -0.15) is 0 Å². The average Bonchev–Trinajstić information content (AvgIpc) is 2.67. The van der Waals surface area contributed by atoms with Gasteiger partial charge >= 0.3 is 0 Å². The minimum absolute atomic E-state index is 0.0465. The Morgan fingerprint density at radius 3 is 2.68 bits per heavy atom. The van der Waals surface area contributed by atoms with Crippen molar-refractivity contribution in [2.45, 2.75) is 11.8 Å². The van der Waals surface area contributed by atoms with Gasteiger partial charge in [0, 0.05) is 11.1 Å². The fraction of sp³-hybridized carbons (Fsp3) is 0.105. The van der Waals surface area contributed by atoms with Crippen molar-refractivity contribution in [1.29, 1.82) is 0 Å². The van der Waals surface area contributed by atoms with Crippen LogP contribution in [0.4, 0.5) is 5.69 Å². The number of ether oxygens (including phenoxy) is 1. The minimum Gasteiger partial charge on any atom is -0.487 e. The summed E-state index contributed by atoms with van der Waals surface area (Å²) in [5.74, 6) is 0.436. The van der Waals surface area contributed by atoms with E-state index >= 15 is 0 Å². The van der Waals surface area contributed by atoms with Crippen molar-refractivity contribution < 1.29 is 9.53 Å². The number of nitrogens with one attached hydrogen (secondary N) is 2. The number of hydrogen-bond donors (Lipinski definition) is 2. The number of rotatable bonds is 7. The van der Waals surface area contributed by atoms with Crippen LogP contribution in [0.1, 0.15) is 5.69 Å². The third kappa shape index (κ3) is 6.02. The molecule has 0 spiro atoms. The molecule has 0 aliphatic rings. The molecule has 3 aromatic rings. The number of nitrogens with zero attached hydrogens (tertiary/aromatic N) is 1. The first-order valence-corrected chi connectivity index (χ1v) is 9.89. The van der Waals surface area contributed by atoms with Crippen LogP contribution in [0.2, 0.25) is 10.0 Å². The van der Waals surface area contributed by atoms with Crippen molar-refractivity contribution in [1.82, 2.24) is 9.97 Å². The van der Waals surface area contributed by atoms with Crippen molar-refractivity contribution >= 4 is 46.6 Å². The van der Waals surface area contributed by atoms with Crippen LogP contribution in [0.5, 0.6) is 5.75 Å². The fourth-order valence-corrected chi connectivity index (χ4v) is 3.36. The van der Waals surface area contributed by atoms with Crippen LogP contribution in [0.25, 0.3) is 0 Å². The molecule has 9 heteroatoms. The molecule has 0 unspecified atom stereocenters. The number of halogens is 2. The standard InChI is InChI=1S/C19H15Cl2N3O3S/c20-12-6-7-16(15(21)8-12)23-18(26)11-28-19-22-13(9-17(25)24-19)10-27-14-4-2-1-3-5-14/h1-9H,10-11H2,(H,23,26)(H,22,24,25). The Labute approximate surface area is 175 Å². The van der Waals surface area contributed by atoms with E-state index in [0.29, 0.717) is 32.3 Å². The Hall–Kier alpha value is -2.48. The first kappa shape index (κ1) is 20.3. The molecule has 1 aromatic heterocycles. The van der Waals surface area contributed by atoms with E-state index in [1.54, 1.807) is 18.2 Å². The number of carbonyl (C=O) groups excluding carboxylic acids is 1. The summed E-state index contributed by atoms with van der Waals surface area (Å²) < 4.78 is 5.60. The molecule has 0 aliphatic heterocycles. The maximum atomic E-state index is 12.1. The van der Waals surface area contributed by atoms with E-state index < -0.39 is 0 Å². The molecule has 0 saturated heterocycles. The average molecular weight is 436 g/mol. The zero-order valence-corrected chi connectivity index (χ0v) is 16.8. The third-order valence-electron chi connectivity index (χ3n) is 3.45. The molecule has 28 heavy (non-hydrogen) atoms. The predicted molar refractivity (Wildman–Crippen MR) is 111 cm³/mol. The number of carbonyl (C=O) groups is 1. The molecule has 0 aliphatic carbocycles. The number of aromatic nitrogens is 2. The zero-order valence-electron chi connectivity index (χ0n) is 14.4. The van der Waals surface area contributed by atoms with Gasteiger partial charge in [-0.3, -0.25) is 9.59 Å². The summed E-state index contributed by atoms with van der Waals surface area (Å²) in [5.41, 5.74) is 0.615. The first-order valence-electron chi connectivity index (χ1n) is 8.15. The molecule has 0 fully saturated rings. The van der Waals surface area contributed by atoms with Crippen LogP contribution in [-0.4, -0.2) is 21.6 Å². The molecule has 1 heterocycles. The molecule has 0 saturated carbocycles. The Morgan fingerprint density at radius 2 is 1.93 bits per heavy atom. The summed E-state index contributed by atoms with van der Waals surface area (Å²) in [7, 11) is 0. The normalized spacial score (nSPS) is 10.5. The van der Waals surface area contributed by atoms with Gasteiger partial charge in [0.25, 0.3) is 5.56 Å². The number of amides is 1. The van der Waals surface area contributed by atoms with E-state index in [1.165, 1.54) is 6.07 Å². The highest BCUT2D eigenvalue weighted by Crippen LogP contribution is 2.25. The van der Waals surface area contributed by atoms with Gasteiger partial charge in [-0.1, -0.05) is 53.2 Å². The largest absolute Gasteiger partial charge is 0.487 e. The van der Waals surface area contributed by atoms with Crippen LogP contribution in [-0.2, 0) is 11.4 Å². The number of para-hydroxylation sites is 1. The Kier molecular flexibility index (Phi) is 6.97. The molecule has 2 aromatic carbocycles. The first-order chi connectivity index (χ1) is 13.5. The van der Waals surface area contributed by atoms with Crippen LogP contribution in [0.15, 0.2) is 64.5 Å². The van der Waals surface area contributed by atoms with Gasteiger partial charge in [0.05, 0.1) is 22.2 Å². The van der Waals surface area contributed by atoms with Gasteiger partial charge in [0.1, 0.15) is 12.4 Å². The summed E-state index contributed by atoms with van der Waals surface area (Å²) >= 11 is 13.0. The molecule has 3 rings (SSSR count). The molecule has 0 atom stereocenters. The lowest BCUT2D eigenvalue weighted by atomic mass is 10.3. The summed E-state index contributed by atoms with van der Waals surface area (Å²) in [6.45, 7) is 0.147. The lowest BCUT2D eigenvalue weighted by molar-refractivity contribution is -0.113. The van der Waals surface area contributed by atoms with Gasteiger partial charge in [-0.25, -0.2) is 4.98 Å². The Morgan fingerprint density at radius 1 is 1.14 bits per heavy atom. The van der Waals surface area contributed by atoms with Crippen molar-refractivity contribution in [3.8, 4) is 5.75 Å². The number of hydrogen-bond acceptors (Lipinski definition) is 5. The second-order valence-electron chi connectivity index (χ2n) is 5.60.